The molecule has 0 saturated carbocycles. The molecule has 1 heterocycles. The molecule has 1 rings (SSSR count). The van der Waals surface area contributed by atoms with E-state index >= 15 is 0 Å². The van der Waals surface area contributed by atoms with Crippen LogP contribution in [0.4, 0.5) is 0 Å². The molecule has 0 aliphatic heterocycles. The second kappa shape index (κ2) is 5.14. The zero-order chi connectivity index (χ0) is 12.2. The lowest BCUT2D eigenvalue weighted by molar-refractivity contribution is 0.576. The monoisotopic (exact) mass is 241 g/mol. The first-order chi connectivity index (χ1) is 7.47. The summed E-state index contributed by atoms with van der Waals surface area (Å²) in [6.07, 6.45) is 7.74. The minimum atomic E-state index is -3.49. The molecular formula is C10H15N3O2S. The van der Waals surface area contributed by atoms with E-state index in [0.29, 0.717) is 25.2 Å². The summed E-state index contributed by atoms with van der Waals surface area (Å²) in [6.45, 7) is 2.08. The molecule has 0 unspecified atom stereocenters. The zero-order valence-corrected chi connectivity index (χ0v) is 10.2. The van der Waals surface area contributed by atoms with E-state index in [-0.39, 0.29) is 5.03 Å². The van der Waals surface area contributed by atoms with Gasteiger partial charge in [0.2, 0.25) is 0 Å². The van der Waals surface area contributed by atoms with Crippen molar-refractivity contribution in [1.82, 2.24) is 14.3 Å². The number of terminal acetylenes is 1. The van der Waals surface area contributed by atoms with Crippen LogP contribution in [0.2, 0.25) is 0 Å². The molecule has 5 nitrogen and oxygen atoms in total. The summed E-state index contributed by atoms with van der Waals surface area (Å²) in [6, 6.07) is 0. The van der Waals surface area contributed by atoms with Gasteiger partial charge < -0.3 is 4.57 Å². The van der Waals surface area contributed by atoms with Gasteiger partial charge >= 0.3 is 0 Å². The Labute approximate surface area is 95.9 Å². The lowest BCUT2D eigenvalue weighted by atomic mass is 10.3. The summed E-state index contributed by atoms with van der Waals surface area (Å²) < 4.78 is 27.6. The van der Waals surface area contributed by atoms with Crippen LogP contribution < -0.4 is 4.72 Å². The molecule has 0 atom stereocenters. The first-order valence-electron chi connectivity index (χ1n) is 4.90. The molecule has 1 aromatic rings. The topological polar surface area (TPSA) is 64.0 Å². The minimum Gasteiger partial charge on any atom is -0.337 e. The maximum Gasteiger partial charge on any atom is 0.259 e. The van der Waals surface area contributed by atoms with E-state index < -0.39 is 10.0 Å². The van der Waals surface area contributed by atoms with Gasteiger partial charge in [-0.1, -0.05) is 0 Å². The molecule has 0 spiro atoms. The molecule has 0 aromatic carbocycles. The van der Waals surface area contributed by atoms with Crippen molar-refractivity contribution in [2.75, 3.05) is 6.54 Å². The van der Waals surface area contributed by atoms with E-state index in [2.05, 4.69) is 15.6 Å². The average Bonchev–Trinajstić information content (AvgIpc) is 2.55. The number of unbranched alkanes of at least 4 members (excludes halogenated alkanes) is 1. The maximum atomic E-state index is 11.7. The van der Waals surface area contributed by atoms with Crippen LogP contribution in [0.15, 0.2) is 11.2 Å². The maximum absolute atomic E-state index is 11.7. The lowest BCUT2D eigenvalue weighted by Crippen LogP contribution is -2.25. The number of nitrogens with one attached hydrogen (secondary N) is 1. The summed E-state index contributed by atoms with van der Waals surface area (Å²) in [5.74, 6) is 3.11. The normalized spacial score (nSPS) is 11.3. The molecule has 0 aliphatic carbocycles. The van der Waals surface area contributed by atoms with Crippen LogP contribution in [-0.4, -0.2) is 24.5 Å². The molecule has 0 radical (unpaired) electrons. The van der Waals surface area contributed by atoms with E-state index in [1.807, 2.05) is 0 Å². The Morgan fingerprint density at radius 3 is 2.81 bits per heavy atom. The number of hydrogen-bond acceptors (Lipinski definition) is 3. The first kappa shape index (κ1) is 12.7. The highest BCUT2D eigenvalue weighted by molar-refractivity contribution is 7.89. The first-order valence-corrected chi connectivity index (χ1v) is 6.39. The summed E-state index contributed by atoms with van der Waals surface area (Å²) in [5, 5.41) is 0.0493. The lowest BCUT2D eigenvalue weighted by Gasteiger charge is -2.01. The molecule has 0 saturated heterocycles. The fourth-order valence-corrected chi connectivity index (χ4v) is 2.24. The van der Waals surface area contributed by atoms with E-state index in [9.17, 15) is 8.42 Å². The van der Waals surface area contributed by atoms with Crippen LogP contribution in [0.25, 0.3) is 0 Å². The summed E-state index contributed by atoms with van der Waals surface area (Å²) >= 11 is 0. The number of aryl methyl sites for hydroxylation is 2. The Balaban J connectivity index is 2.68. The van der Waals surface area contributed by atoms with Crippen molar-refractivity contribution in [3.63, 3.8) is 0 Å². The molecule has 0 fully saturated rings. The van der Waals surface area contributed by atoms with Crippen LogP contribution >= 0.6 is 0 Å². The second-order valence-corrected chi connectivity index (χ2v) is 5.16. The Kier molecular flexibility index (Phi) is 4.10. The van der Waals surface area contributed by atoms with Crippen molar-refractivity contribution < 1.29 is 8.42 Å². The highest BCUT2D eigenvalue weighted by Gasteiger charge is 2.17. The number of imidazole rings is 1. The molecule has 1 N–H and O–H groups in total. The smallest absolute Gasteiger partial charge is 0.259 e. The van der Waals surface area contributed by atoms with Gasteiger partial charge in [-0.15, -0.1) is 12.3 Å². The van der Waals surface area contributed by atoms with Crippen molar-refractivity contribution in [2.45, 2.75) is 24.8 Å². The van der Waals surface area contributed by atoms with Gasteiger partial charge in [-0.05, 0) is 13.3 Å². The summed E-state index contributed by atoms with van der Waals surface area (Å²) in [5.41, 5.74) is 0. The van der Waals surface area contributed by atoms with Gasteiger partial charge in [0.1, 0.15) is 5.82 Å². The Morgan fingerprint density at radius 1 is 1.62 bits per heavy atom. The van der Waals surface area contributed by atoms with Crippen molar-refractivity contribution in [3.05, 3.63) is 12.0 Å². The Bertz CT molecular complexity index is 477. The minimum absolute atomic E-state index is 0.0493. The zero-order valence-electron chi connectivity index (χ0n) is 9.40. The molecule has 1 aromatic heterocycles. The number of aromatic nitrogens is 2. The highest BCUT2D eigenvalue weighted by Crippen LogP contribution is 2.07. The molecule has 0 amide bonds. The summed E-state index contributed by atoms with van der Waals surface area (Å²) in [7, 11) is -1.74. The number of rotatable bonds is 5. The predicted octanol–water partition coefficient (Wildman–Crippen LogP) is 0.420. The van der Waals surface area contributed by atoms with Crippen LogP contribution in [0, 0.1) is 19.3 Å². The van der Waals surface area contributed by atoms with Crippen LogP contribution in [0.1, 0.15) is 18.7 Å². The third-order valence-corrected chi connectivity index (χ3v) is 3.48. The van der Waals surface area contributed by atoms with Crippen LogP contribution in [0.3, 0.4) is 0 Å². The molecule has 16 heavy (non-hydrogen) atoms. The van der Waals surface area contributed by atoms with E-state index in [1.165, 1.54) is 6.20 Å². The van der Waals surface area contributed by atoms with Crippen molar-refractivity contribution in [2.24, 2.45) is 7.05 Å². The third-order valence-electron chi connectivity index (χ3n) is 2.15. The van der Waals surface area contributed by atoms with E-state index in [0.717, 1.165) is 0 Å². The SMILES string of the molecule is C#CCCCNS(=O)(=O)c1cn(C)c(C)n1. The fourth-order valence-electron chi connectivity index (χ4n) is 1.13. The second-order valence-electron chi connectivity index (χ2n) is 3.44. The predicted molar refractivity (Wildman–Crippen MR) is 61.2 cm³/mol. The molecule has 6 heteroatoms. The molecule has 88 valence electrons. The number of nitrogens with zero attached hydrogens (tertiary/aromatic N) is 2. The fraction of sp³-hybridized carbons (Fsp3) is 0.500. The van der Waals surface area contributed by atoms with Crippen molar-refractivity contribution in [3.8, 4) is 12.3 Å². The Morgan fingerprint density at radius 2 is 2.31 bits per heavy atom. The van der Waals surface area contributed by atoms with Crippen molar-refractivity contribution >= 4 is 10.0 Å². The average molecular weight is 241 g/mol. The van der Waals surface area contributed by atoms with Gasteiger partial charge in [0.25, 0.3) is 10.0 Å². The van der Waals surface area contributed by atoms with Crippen LogP contribution in [-0.2, 0) is 17.1 Å². The number of hydrogen-bond donors (Lipinski definition) is 1. The summed E-state index contributed by atoms with van der Waals surface area (Å²) in [4.78, 5) is 3.95. The molecule has 0 aliphatic rings. The van der Waals surface area contributed by atoms with Gasteiger partial charge in [0.05, 0.1) is 0 Å². The standard InChI is InChI=1S/C10H15N3O2S/c1-4-5-6-7-11-16(14,15)10-8-13(3)9(2)12-10/h1,8,11H,5-7H2,2-3H3. The van der Waals surface area contributed by atoms with Gasteiger partial charge in [-0.3, -0.25) is 0 Å². The van der Waals surface area contributed by atoms with Gasteiger partial charge in [0.15, 0.2) is 5.03 Å². The van der Waals surface area contributed by atoms with E-state index in [4.69, 9.17) is 6.42 Å². The molecular weight excluding hydrogens is 226 g/mol. The van der Waals surface area contributed by atoms with E-state index in [1.54, 1.807) is 18.5 Å². The third kappa shape index (κ3) is 3.08. The quantitative estimate of drug-likeness (QED) is 0.600. The van der Waals surface area contributed by atoms with Gasteiger partial charge in [0, 0.05) is 26.2 Å². The van der Waals surface area contributed by atoms with Crippen molar-refractivity contribution in [1.29, 1.82) is 0 Å². The number of sulfonamides is 1. The largest absolute Gasteiger partial charge is 0.337 e. The van der Waals surface area contributed by atoms with Crippen LogP contribution in [0.5, 0.6) is 0 Å². The molecule has 0 bridgehead atoms. The Hall–Kier alpha value is -1.32. The van der Waals surface area contributed by atoms with Gasteiger partial charge in [-0.2, -0.15) is 0 Å². The van der Waals surface area contributed by atoms with Gasteiger partial charge in [-0.25, -0.2) is 18.1 Å². The highest BCUT2D eigenvalue weighted by atomic mass is 32.2.